The molecule has 144 valence electrons. The fourth-order valence-corrected chi connectivity index (χ4v) is 3.92. The predicted molar refractivity (Wildman–Crippen MR) is 122 cm³/mol. The van der Waals surface area contributed by atoms with Gasteiger partial charge in [-0.05, 0) is 48.4 Å². The Morgan fingerprint density at radius 3 is 2.31 bits per heavy atom. The first-order valence-corrected chi connectivity index (χ1v) is 10.7. The van der Waals surface area contributed by atoms with E-state index in [-0.39, 0.29) is 0 Å². The monoisotopic (exact) mass is 417 g/mol. The lowest BCUT2D eigenvalue weighted by Gasteiger charge is -2.09. The van der Waals surface area contributed by atoms with Gasteiger partial charge in [-0.1, -0.05) is 89.6 Å². The molecule has 0 unspecified atom stereocenters. The minimum atomic E-state index is 0.706. The second kappa shape index (κ2) is 9.12. The van der Waals surface area contributed by atoms with Gasteiger partial charge < -0.3 is 0 Å². The van der Waals surface area contributed by atoms with Crippen molar-refractivity contribution in [3.63, 3.8) is 0 Å². The van der Waals surface area contributed by atoms with Gasteiger partial charge in [-0.25, -0.2) is 0 Å². The smallest absolute Gasteiger partial charge is 0.196 e. The molecule has 4 rings (SSSR count). The van der Waals surface area contributed by atoms with E-state index in [2.05, 4.69) is 58.1 Å². The summed E-state index contributed by atoms with van der Waals surface area (Å²) in [7, 11) is 0. The number of nitrogens with zero attached hydrogens (tertiary/aromatic N) is 3. The standard InChI is InChI=1S/C24H20ClN3S/c1-18-7-9-20(10-8-18)17-29-24-27-26-23(16-11-19-5-3-2-4-6-19)28(24)22-14-12-21(25)13-15-22/h2-16H,17H2,1H3/b16-11+. The Hall–Kier alpha value is -2.82. The summed E-state index contributed by atoms with van der Waals surface area (Å²) in [4.78, 5) is 0. The SMILES string of the molecule is Cc1ccc(CSc2nnc(/C=C/c3ccccc3)n2-c2ccc(Cl)cc2)cc1. The summed E-state index contributed by atoms with van der Waals surface area (Å²) < 4.78 is 2.06. The molecule has 0 N–H and O–H groups in total. The van der Waals surface area contributed by atoms with E-state index in [9.17, 15) is 0 Å². The summed E-state index contributed by atoms with van der Waals surface area (Å²) in [5.41, 5.74) is 4.62. The molecule has 4 aromatic rings. The summed E-state index contributed by atoms with van der Waals surface area (Å²) in [6.45, 7) is 2.10. The molecular formula is C24H20ClN3S. The van der Waals surface area contributed by atoms with Crippen molar-refractivity contribution in [1.29, 1.82) is 0 Å². The Labute approximate surface area is 180 Å². The van der Waals surface area contributed by atoms with E-state index >= 15 is 0 Å². The number of halogens is 1. The van der Waals surface area contributed by atoms with Gasteiger partial charge in [0.25, 0.3) is 0 Å². The van der Waals surface area contributed by atoms with Gasteiger partial charge in [0, 0.05) is 16.5 Å². The second-order valence-corrected chi connectivity index (χ2v) is 8.05. The molecule has 3 aromatic carbocycles. The van der Waals surface area contributed by atoms with Gasteiger partial charge in [-0.3, -0.25) is 4.57 Å². The first kappa shape index (κ1) is 19.5. The van der Waals surface area contributed by atoms with E-state index in [0.29, 0.717) is 5.02 Å². The van der Waals surface area contributed by atoms with Crippen LogP contribution in [-0.2, 0) is 5.75 Å². The third-order valence-corrected chi connectivity index (χ3v) is 5.71. The summed E-state index contributed by atoms with van der Waals surface area (Å²) in [6.07, 6.45) is 4.04. The molecule has 0 saturated heterocycles. The highest BCUT2D eigenvalue weighted by Crippen LogP contribution is 2.27. The molecule has 0 amide bonds. The van der Waals surface area contributed by atoms with Gasteiger partial charge in [-0.15, -0.1) is 10.2 Å². The van der Waals surface area contributed by atoms with Gasteiger partial charge in [0.15, 0.2) is 11.0 Å². The van der Waals surface area contributed by atoms with Crippen LogP contribution in [0.4, 0.5) is 0 Å². The van der Waals surface area contributed by atoms with Crippen LogP contribution in [0, 0.1) is 6.92 Å². The maximum atomic E-state index is 6.09. The van der Waals surface area contributed by atoms with Crippen LogP contribution in [0.1, 0.15) is 22.5 Å². The molecule has 0 saturated carbocycles. The maximum absolute atomic E-state index is 6.09. The maximum Gasteiger partial charge on any atom is 0.196 e. The highest BCUT2D eigenvalue weighted by atomic mass is 35.5. The van der Waals surface area contributed by atoms with Gasteiger partial charge in [0.05, 0.1) is 0 Å². The van der Waals surface area contributed by atoms with Crippen molar-refractivity contribution in [3.05, 3.63) is 106 Å². The van der Waals surface area contributed by atoms with Crippen molar-refractivity contribution < 1.29 is 0 Å². The number of rotatable bonds is 6. The Morgan fingerprint density at radius 1 is 0.862 bits per heavy atom. The third kappa shape index (κ3) is 4.97. The molecular weight excluding hydrogens is 398 g/mol. The molecule has 0 radical (unpaired) electrons. The fraction of sp³-hybridized carbons (Fsp3) is 0.0833. The Bertz CT molecular complexity index is 1100. The Kier molecular flexibility index (Phi) is 6.13. The number of aromatic nitrogens is 3. The minimum Gasteiger partial charge on any atom is -0.271 e. The lowest BCUT2D eigenvalue weighted by Crippen LogP contribution is -1.99. The molecule has 0 aliphatic carbocycles. The lowest BCUT2D eigenvalue weighted by molar-refractivity contribution is 0.880. The number of thioether (sulfide) groups is 1. The normalized spacial score (nSPS) is 11.2. The number of benzene rings is 3. The van der Waals surface area contributed by atoms with Crippen molar-refractivity contribution in [2.75, 3.05) is 0 Å². The second-order valence-electron chi connectivity index (χ2n) is 6.67. The van der Waals surface area contributed by atoms with Crippen LogP contribution in [0.5, 0.6) is 0 Å². The van der Waals surface area contributed by atoms with Gasteiger partial charge in [0.2, 0.25) is 0 Å². The molecule has 5 heteroatoms. The van der Waals surface area contributed by atoms with Crippen molar-refractivity contribution in [2.24, 2.45) is 0 Å². The van der Waals surface area contributed by atoms with Crippen molar-refractivity contribution in [3.8, 4) is 5.69 Å². The van der Waals surface area contributed by atoms with E-state index in [1.54, 1.807) is 11.8 Å². The zero-order chi connectivity index (χ0) is 20.1. The van der Waals surface area contributed by atoms with Crippen LogP contribution >= 0.6 is 23.4 Å². The van der Waals surface area contributed by atoms with Crippen LogP contribution < -0.4 is 0 Å². The molecule has 0 fully saturated rings. The minimum absolute atomic E-state index is 0.706. The largest absolute Gasteiger partial charge is 0.271 e. The first-order chi connectivity index (χ1) is 14.2. The average molecular weight is 418 g/mol. The molecule has 0 aliphatic heterocycles. The highest BCUT2D eigenvalue weighted by Gasteiger charge is 2.13. The third-order valence-electron chi connectivity index (χ3n) is 4.46. The average Bonchev–Trinajstić information content (AvgIpc) is 3.16. The predicted octanol–water partition coefficient (Wildman–Crippen LogP) is 6.69. The quantitative estimate of drug-likeness (QED) is 0.327. The van der Waals surface area contributed by atoms with Crippen molar-refractivity contribution in [2.45, 2.75) is 17.8 Å². The summed E-state index contributed by atoms with van der Waals surface area (Å²) >= 11 is 7.76. The van der Waals surface area contributed by atoms with E-state index in [1.165, 1.54) is 11.1 Å². The summed E-state index contributed by atoms with van der Waals surface area (Å²) in [5, 5.41) is 10.4. The van der Waals surface area contributed by atoms with Crippen LogP contribution in [-0.4, -0.2) is 14.8 Å². The molecule has 1 aromatic heterocycles. The molecule has 0 atom stereocenters. The molecule has 3 nitrogen and oxygen atoms in total. The zero-order valence-electron chi connectivity index (χ0n) is 16.0. The van der Waals surface area contributed by atoms with Gasteiger partial charge in [-0.2, -0.15) is 0 Å². The Balaban J connectivity index is 1.65. The van der Waals surface area contributed by atoms with Crippen molar-refractivity contribution in [1.82, 2.24) is 14.8 Å². The molecule has 0 spiro atoms. The van der Waals surface area contributed by atoms with Gasteiger partial charge in [0.1, 0.15) is 0 Å². The topological polar surface area (TPSA) is 30.7 Å². The van der Waals surface area contributed by atoms with E-state index in [4.69, 9.17) is 11.6 Å². The Morgan fingerprint density at radius 2 is 1.59 bits per heavy atom. The summed E-state index contributed by atoms with van der Waals surface area (Å²) in [5.74, 6) is 1.61. The summed E-state index contributed by atoms with van der Waals surface area (Å²) in [6, 6.07) is 26.5. The van der Waals surface area contributed by atoms with Gasteiger partial charge >= 0.3 is 0 Å². The molecule has 0 aliphatic rings. The molecule has 29 heavy (non-hydrogen) atoms. The zero-order valence-corrected chi connectivity index (χ0v) is 17.6. The van der Waals surface area contributed by atoms with Crippen LogP contribution in [0.2, 0.25) is 5.02 Å². The lowest BCUT2D eigenvalue weighted by atomic mass is 10.2. The number of aryl methyl sites for hydroxylation is 1. The molecule has 0 bridgehead atoms. The van der Waals surface area contributed by atoms with Crippen LogP contribution in [0.3, 0.4) is 0 Å². The fourth-order valence-electron chi connectivity index (χ4n) is 2.88. The van der Waals surface area contributed by atoms with Crippen LogP contribution in [0.15, 0.2) is 84.0 Å². The first-order valence-electron chi connectivity index (χ1n) is 9.32. The van der Waals surface area contributed by atoms with E-state index < -0.39 is 0 Å². The highest BCUT2D eigenvalue weighted by molar-refractivity contribution is 7.98. The van der Waals surface area contributed by atoms with E-state index in [1.807, 2.05) is 54.6 Å². The molecule has 1 heterocycles. The number of hydrogen-bond donors (Lipinski definition) is 0. The van der Waals surface area contributed by atoms with E-state index in [0.717, 1.165) is 28.0 Å². The van der Waals surface area contributed by atoms with Crippen LogP contribution in [0.25, 0.3) is 17.8 Å². The van der Waals surface area contributed by atoms with Crippen molar-refractivity contribution >= 4 is 35.5 Å². The number of hydrogen-bond acceptors (Lipinski definition) is 3.